The number of piperazine rings is 1. The Balaban J connectivity index is 1.32. The number of amides is 1. The number of hydrogen-bond acceptors (Lipinski definition) is 5. The summed E-state index contributed by atoms with van der Waals surface area (Å²) in [4.78, 5) is 17.4. The first-order chi connectivity index (χ1) is 15.9. The molecule has 2 fully saturated rings. The Bertz CT molecular complexity index is 1060. The number of carbonyl (C=O) groups excluding carboxylic acids is 1. The van der Waals surface area contributed by atoms with E-state index in [1.165, 1.54) is 22.1 Å². The minimum Gasteiger partial charge on any atom is -0.492 e. The average Bonchev–Trinajstić information content (AvgIpc) is 2.85. The summed E-state index contributed by atoms with van der Waals surface area (Å²) in [5.41, 5.74) is 1.18. The first kappa shape index (κ1) is 23.9. The highest BCUT2D eigenvalue weighted by atomic mass is 35.5. The molecule has 2 aliphatic heterocycles. The van der Waals surface area contributed by atoms with Crippen molar-refractivity contribution in [3.63, 3.8) is 0 Å². The molecular formula is C24H30ClN3O4S. The SMILES string of the molecule is CCOc1ccc(S(=O)(=O)N2CCC(C(=O)N3CCN(c4ccccc4)CC3)CC2)cc1Cl. The van der Waals surface area contributed by atoms with Gasteiger partial charge in [-0.2, -0.15) is 4.31 Å². The van der Waals surface area contributed by atoms with E-state index in [-0.39, 0.29) is 21.7 Å². The van der Waals surface area contributed by atoms with Crippen LogP contribution in [-0.4, -0.2) is 69.4 Å². The van der Waals surface area contributed by atoms with E-state index in [1.54, 1.807) is 6.07 Å². The van der Waals surface area contributed by atoms with Crippen LogP contribution in [0, 0.1) is 5.92 Å². The molecule has 0 unspecified atom stereocenters. The zero-order valence-electron chi connectivity index (χ0n) is 18.8. The van der Waals surface area contributed by atoms with Crippen LogP contribution in [0.2, 0.25) is 5.02 Å². The number of piperidine rings is 1. The lowest BCUT2D eigenvalue weighted by Gasteiger charge is -2.39. The van der Waals surface area contributed by atoms with Crippen molar-refractivity contribution in [2.45, 2.75) is 24.7 Å². The van der Waals surface area contributed by atoms with Gasteiger partial charge < -0.3 is 14.5 Å². The zero-order valence-corrected chi connectivity index (χ0v) is 20.4. The number of ether oxygens (including phenoxy) is 1. The molecule has 0 bridgehead atoms. The highest BCUT2D eigenvalue weighted by Gasteiger charge is 2.35. The molecule has 4 rings (SSSR count). The maximum Gasteiger partial charge on any atom is 0.243 e. The van der Waals surface area contributed by atoms with Crippen LogP contribution in [0.4, 0.5) is 5.69 Å². The van der Waals surface area contributed by atoms with Gasteiger partial charge in [0.15, 0.2) is 0 Å². The van der Waals surface area contributed by atoms with E-state index < -0.39 is 10.0 Å². The third kappa shape index (κ3) is 5.28. The minimum atomic E-state index is -3.67. The lowest BCUT2D eigenvalue weighted by molar-refractivity contribution is -0.137. The predicted octanol–water partition coefficient (Wildman–Crippen LogP) is 3.49. The molecule has 2 saturated heterocycles. The first-order valence-electron chi connectivity index (χ1n) is 11.4. The summed E-state index contributed by atoms with van der Waals surface area (Å²) in [6, 6.07) is 14.8. The number of para-hydroxylation sites is 1. The second kappa shape index (κ2) is 10.3. The Kier molecular flexibility index (Phi) is 7.46. The van der Waals surface area contributed by atoms with Crippen molar-refractivity contribution in [1.29, 1.82) is 0 Å². The molecule has 0 aliphatic carbocycles. The van der Waals surface area contributed by atoms with E-state index in [9.17, 15) is 13.2 Å². The predicted molar refractivity (Wildman–Crippen MR) is 129 cm³/mol. The van der Waals surface area contributed by atoms with E-state index in [1.807, 2.05) is 30.0 Å². The number of sulfonamides is 1. The number of nitrogens with zero attached hydrogens (tertiary/aromatic N) is 3. The van der Waals surface area contributed by atoms with Gasteiger partial charge in [0.2, 0.25) is 15.9 Å². The molecule has 0 atom stereocenters. The van der Waals surface area contributed by atoms with Gasteiger partial charge in [0, 0.05) is 50.9 Å². The molecule has 2 aromatic carbocycles. The summed E-state index contributed by atoms with van der Waals surface area (Å²) in [5, 5.41) is 0.276. The van der Waals surface area contributed by atoms with Crippen molar-refractivity contribution < 1.29 is 17.9 Å². The number of anilines is 1. The minimum absolute atomic E-state index is 0.136. The van der Waals surface area contributed by atoms with E-state index in [0.717, 1.165) is 13.1 Å². The van der Waals surface area contributed by atoms with Gasteiger partial charge in [-0.05, 0) is 50.1 Å². The molecule has 1 amide bonds. The fraction of sp³-hybridized carbons (Fsp3) is 0.458. The average molecular weight is 492 g/mol. The number of benzene rings is 2. The van der Waals surface area contributed by atoms with Crippen LogP contribution in [0.15, 0.2) is 53.4 Å². The van der Waals surface area contributed by atoms with Crippen molar-refractivity contribution in [2.75, 3.05) is 50.8 Å². The Morgan fingerprint density at radius 1 is 1.00 bits per heavy atom. The lowest BCUT2D eigenvalue weighted by Crippen LogP contribution is -2.52. The molecule has 7 nitrogen and oxygen atoms in total. The summed E-state index contributed by atoms with van der Waals surface area (Å²) in [5.74, 6) is 0.474. The van der Waals surface area contributed by atoms with E-state index in [0.29, 0.717) is 51.4 Å². The monoisotopic (exact) mass is 491 g/mol. The quantitative estimate of drug-likeness (QED) is 0.618. The van der Waals surface area contributed by atoms with Gasteiger partial charge in [0.1, 0.15) is 5.75 Å². The molecule has 0 radical (unpaired) electrons. The molecule has 0 aromatic heterocycles. The number of carbonyl (C=O) groups is 1. The Morgan fingerprint density at radius 2 is 1.67 bits per heavy atom. The number of rotatable bonds is 6. The third-order valence-electron chi connectivity index (χ3n) is 6.36. The highest BCUT2D eigenvalue weighted by Crippen LogP contribution is 2.31. The molecule has 33 heavy (non-hydrogen) atoms. The van der Waals surface area contributed by atoms with E-state index in [4.69, 9.17) is 16.3 Å². The molecule has 0 saturated carbocycles. The molecule has 2 aromatic rings. The highest BCUT2D eigenvalue weighted by molar-refractivity contribution is 7.89. The van der Waals surface area contributed by atoms with Gasteiger partial charge in [0.05, 0.1) is 16.5 Å². The maximum absolute atomic E-state index is 13.1. The lowest BCUT2D eigenvalue weighted by atomic mass is 9.96. The molecule has 2 aliphatic rings. The largest absolute Gasteiger partial charge is 0.492 e. The second-order valence-electron chi connectivity index (χ2n) is 8.35. The van der Waals surface area contributed by atoms with Crippen LogP contribution in [0.25, 0.3) is 0 Å². The van der Waals surface area contributed by atoms with E-state index >= 15 is 0 Å². The van der Waals surface area contributed by atoms with Crippen LogP contribution in [-0.2, 0) is 14.8 Å². The first-order valence-corrected chi connectivity index (χ1v) is 13.2. The van der Waals surface area contributed by atoms with Crippen molar-refractivity contribution >= 4 is 33.2 Å². The smallest absolute Gasteiger partial charge is 0.243 e. The summed E-state index contributed by atoms with van der Waals surface area (Å²) >= 11 is 6.19. The van der Waals surface area contributed by atoms with Crippen molar-refractivity contribution in [1.82, 2.24) is 9.21 Å². The summed E-state index contributed by atoms with van der Waals surface area (Å²) < 4.78 is 33.0. The Morgan fingerprint density at radius 3 is 2.27 bits per heavy atom. The maximum atomic E-state index is 13.1. The normalized spacial score (nSPS) is 18.4. The molecule has 0 spiro atoms. The Hall–Kier alpha value is -2.29. The molecule has 9 heteroatoms. The zero-order chi connectivity index (χ0) is 23.4. The Labute approximate surface area is 200 Å². The van der Waals surface area contributed by atoms with Crippen LogP contribution in [0.3, 0.4) is 0 Å². The fourth-order valence-electron chi connectivity index (χ4n) is 4.49. The van der Waals surface area contributed by atoms with Crippen LogP contribution >= 0.6 is 11.6 Å². The molecular weight excluding hydrogens is 462 g/mol. The number of halogens is 1. The van der Waals surface area contributed by atoms with Crippen molar-refractivity contribution in [3.8, 4) is 5.75 Å². The summed E-state index contributed by atoms with van der Waals surface area (Å²) in [6.07, 6.45) is 1.06. The third-order valence-corrected chi connectivity index (χ3v) is 8.55. The van der Waals surface area contributed by atoms with Crippen molar-refractivity contribution in [3.05, 3.63) is 53.6 Å². The van der Waals surface area contributed by atoms with Gasteiger partial charge in [-0.25, -0.2) is 8.42 Å². The second-order valence-corrected chi connectivity index (χ2v) is 10.7. The standard InChI is InChI=1S/C24H30ClN3O4S/c1-2-32-23-9-8-21(18-22(23)25)33(30,31)28-12-10-19(11-13-28)24(29)27-16-14-26(15-17-27)20-6-4-3-5-7-20/h3-9,18-19H,2,10-17H2,1H3. The molecule has 0 N–H and O–H groups in total. The summed E-state index contributed by atoms with van der Waals surface area (Å²) in [6.45, 7) is 5.95. The topological polar surface area (TPSA) is 70.2 Å². The van der Waals surface area contributed by atoms with Crippen LogP contribution in [0.1, 0.15) is 19.8 Å². The van der Waals surface area contributed by atoms with Gasteiger partial charge in [0.25, 0.3) is 0 Å². The van der Waals surface area contributed by atoms with Crippen LogP contribution in [0.5, 0.6) is 5.75 Å². The van der Waals surface area contributed by atoms with Gasteiger partial charge in [-0.1, -0.05) is 29.8 Å². The number of hydrogen-bond donors (Lipinski definition) is 0. The molecule has 178 valence electrons. The van der Waals surface area contributed by atoms with Crippen LogP contribution < -0.4 is 9.64 Å². The fourth-order valence-corrected chi connectivity index (χ4v) is 6.29. The molecule has 2 heterocycles. The van der Waals surface area contributed by atoms with E-state index in [2.05, 4.69) is 17.0 Å². The van der Waals surface area contributed by atoms with Gasteiger partial charge in [-0.15, -0.1) is 0 Å². The van der Waals surface area contributed by atoms with Crippen molar-refractivity contribution in [2.24, 2.45) is 5.92 Å². The van der Waals surface area contributed by atoms with Gasteiger partial charge >= 0.3 is 0 Å². The van der Waals surface area contributed by atoms with Gasteiger partial charge in [-0.3, -0.25) is 4.79 Å². The summed E-state index contributed by atoms with van der Waals surface area (Å²) in [7, 11) is -3.67.